The normalized spacial score (nSPS) is 14.1. The van der Waals surface area contributed by atoms with E-state index in [9.17, 15) is 27.2 Å². The summed E-state index contributed by atoms with van der Waals surface area (Å²) in [4.78, 5) is 34.5. The van der Waals surface area contributed by atoms with Crippen molar-refractivity contribution in [2.75, 3.05) is 19.1 Å². The number of amides is 2. The van der Waals surface area contributed by atoms with Crippen LogP contribution in [0.2, 0.25) is 0 Å². The summed E-state index contributed by atoms with van der Waals surface area (Å²) in [5, 5.41) is 2.63. The van der Waals surface area contributed by atoms with Crippen LogP contribution in [0.1, 0.15) is 28.8 Å². The number of methoxy groups -OCH3 is 1. The van der Waals surface area contributed by atoms with E-state index in [1.54, 1.807) is 0 Å². The third-order valence-corrected chi connectivity index (χ3v) is 5.57. The molecule has 0 bridgehead atoms. The Balaban J connectivity index is 1.46. The number of halogens is 4. The second kappa shape index (κ2) is 9.44. The highest BCUT2D eigenvalue weighted by Gasteiger charge is 2.53. The minimum absolute atomic E-state index is 0.0170. The van der Waals surface area contributed by atoms with Crippen LogP contribution in [-0.4, -0.2) is 41.5 Å². The molecular formula is C24H20F4N4O4. The summed E-state index contributed by atoms with van der Waals surface area (Å²) >= 11 is 0. The van der Waals surface area contributed by atoms with Crippen LogP contribution in [-0.2, 0) is 11.0 Å². The molecule has 1 saturated carbocycles. The molecule has 2 amide bonds. The second-order valence-electron chi connectivity index (χ2n) is 8.11. The Morgan fingerprint density at radius 1 is 1.06 bits per heavy atom. The number of carbonyl (C=O) groups excluding carboxylic acids is 2. The van der Waals surface area contributed by atoms with Gasteiger partial charge < -0.3 is 14.8 Å². The molecule has 8 nitrogen and oxygen atoms in total. The molecule has 1 aromatic carbocycles. The Morgan fingerprint density at radius 3 is 2.36 bits per heavy atom. The number of alkyl halides is 3. The molecule has 1 N–H and O–H groups in total. The molecule has 0 spiro atoms. The summed E-state index contributed by atoms with van der Waals surface area (Å²) in [6.45, 7) is 0. The fourth-order valence-corrected chi connectivity index (χ4v) is 3.47. The van der Waals surface area contributed by atoms with Gasteiger partial charge in [0.1, 0.15) is 40.0 Å². The number of carbonyl (C=O) groups is 2. The van der Waals surface area contributed by atoms with Crippen LogP contribution in [0.5, 0.6) is 17.2 Å². The van der Waals surface area contributed by atoms with Gasteiger partial charge in [-0.1, -0.05) is 0 Å². The summed E-state index contributed by atoms with van der Waals surface area (Å²) in [5.74, 6) is -1.98. The first-order valence-corrected chi connectivity index (χ1v) is 10.6. The van der Waals surface area contributed by atoms with Crippen molar-refractivity contribution in [3.8, 4) is 17.2 Å². The van der Waals surface area contributed by atoms with Gasteiger partial charge in [-0.15, -0.1) is 0 Å². The van der Waals surface area contributed by atoms with Gasteiger partial charge in [0.25, 0.3) is 11.8 Å². The van der Waals surface area contributed by atoms with Gasteiger partial charge in [0.05, 0.1) is 25.1 Å². The average molecular weight is 504 g/mol. The predicted molar refractivity (Wildman–Crippen MR) is 119 cm³/mol. The van der Waals surface area contributed by atoms with Crippen LogP contribution in [0.4, 0.5) is 23.4 Å². The fraction of sp³-hybridized carbons (Fsp3) is 0.250. The van der Waals surface area contributed by atoms with Crippen LogP contribution in [0, 0.1) is 5.82 Å². The molecule has 2 aromatic heterocycles. The predicted octanol–water partition coefficient (Wildman–Crippen LogP) is 4.36. The first kappa shape index (κ1) is 24.9. The molecule has 0 saturated heterocycles. The first-order chi connectivity index (χ1) is 17.0. The van der Waals surface area contributed by atoms with Gasteiger partial charge in [-0.3, -0.25) is 19.5 Å². The lowest BCUT2D eigenvalue weighted by Crippen LogP contribution is -2.50. The third kappa shape index (κ3) is 5.21. The standard InChI is InChI=1S/C24H20F4N4O4/c1-32(22(34)23(7-8-23)31-21(33)14-9-15(25)12-29-11-14)20-6-4-17(13-30-20)36-19-5-3-16(35-2)10-18(19)24(26,27)28/h3-6,9-13H,7-8H2,1-2H3,(H,31,33). The minimum atomic E-state index is -4.67. The van der Waals surface area contributed by atoms with Gasteiger partial charge in [-0.2, -0.15) is 13.2 Å². The number of nitrogens with zero attached hydrogens (tertiary/aromatic N) is 3. The number of rotatable bonds is 7. The molecule has 12 heteroatoms. The summed E-state index contributed by atoms with van der Waals surface area (Å²) < 4.78 is 63.9. The van der Waals surface area contributed by atoms with Gasteiger partial charge in [0, 0.05) is 13.2 Å². The maximum Gasteiger partial charge on any atom is 0.420 e. The number of hydrogen-bond acceptors (Lipinski definition) is 6. The zero-order chi connectivity index (χ0) is 26.1. The summed E-state index contributed by atoms with van der Waals surface area (Å²) in [6, 6.07) is 7.08. The zero-order valence-corrected chi connectivity index (χ0v) is 19.1. The largest absolute Gasteiger partial charge is 0.497 e. The Morgan fingerprint density at radius 2 is 1.78 bits per heavy atom. The lowest BCUT2D eigenvalue weighted by Gasteiger charge is -2.24. The smallest absolute Gasteiger partial charge is 0.420 e. The van der Waals surface area contributed by atoms with E-state index < -0.39 is 40.7 Å². The van der Waals surface area contributed by atoms with Crippen molar-refractivity contribution in [1.82, 2.24) is 15.3 Å². The van der Waals surface area contributed by atoms with E-state index in [4.69, 9.17) is 9.47 Å². The second-order valence-corrected chi connectivity index (χ2v) is 8.11. The number of likely N-dealkylation sites (N-methyl/N-ethyl adjacent to an activating group) is 1. The van der Waals surface area contributed by atoms with Crippen molar-refractivity contribution in [3.05, 3.63) is 71.9 Å². The van der Waals surface area contributed by atoms with Crippen LogP contribution in [0.3, 0.4) is 0 Å². The SMILES string of the molecule is COc1ccc(Oc2ccc(N(C)C(=O)C3(NC(=O)c4cncc(F)c4)CC3)nc2)c(C(F)(F)F)c1. The molecule has 1 aliphatic rings. The van der Waals surface area contributed by atoms with Crippen molar-refractivity contribution in [2.45, 2.75) is 24.6 Å². The quantitative estimate of drug-likeness (QED) is 0.481. The molecule has 2 heterocycles. The Bertz CT molecular complexity index is 1290. The summed E-state index contributed by atoms with van der Waals surface area (Å²) in [6.07, 6.45) is -0.585. The maximum atomic E-state index is 13.4. The van der Waals surface area contributed by atoms with Gasteiger partial charge in [0.15, 0.2) is 0 Å². The molecule has 3 aromatic rings. The molecule has 0 unspecified atom stereocenters. The fourth-order valence-electron chi connectivity index (χ4n) is 3.47. The average Bonchev–Trinajstić information content (AvgIpc) is 3.63. The monoisotopic (exact) mass is 504 g/mol. The number of hydrogen-bond donors (Lipinski definition) is 1. The van der Waals surface area contributed by atoms with Gasteiger partial charge >= 0.3 is 6.18 Å². The number of pyridine rings is 2. The highest BCUT2D eigenvalue weighted by atomic mass is 19.4. The van der Waals surface area contributed by atoms with Gasteiger partial charge in [0.2, 0.25) is 0 Å². The summed E-state index contributed by atoms with van der Waals surface area (Å²) in [7, 11) is 2.71. The molecule has 0 aliphatic heterocycles. The van der Waals surface area contributed by atoms with E-state index in [0.717, 1.165) is 24.4 Å². The van der Waals surface area contributed by atoms with Gasteiger partial charge in [-0.05, 0) is 49.2 Å². The van der Waals surface area contributed by atoms with Crippen molar-refractivity contribution in [2.24, 2.45) is 0 Å². The molecule has 0 radical (unpaired) electrons. The molecule has 4 rings (SSSR count). The zero-order valence-electron chi connectivity index (χ0n) is 19.1. The number of ether oxygens (including phenoxy) is 2. The molecule has 36 heavy (non-hydrogen) atoms. The van der Waals surface area contributed by atoms with Crippen LogP contribution < -0.4 is 19.7 Å². The number of anilines is 1. The Kier molecular flexibility index (Phi) is 6.53. The molecular weight excluding hydrogens is 484 g/mol. The van der Waals surface area contributed by atoms with Crippen LogP contribution >= 0.6 is 0 Å². The van der Waals surface area contributed by atoms with Crippen LogP contribution in [0.15, 0.2) is 55.0 Å². The van der Waals surface area contributed by atoms with E-state index in [-0.39, 0.29) is 22.9 Å². The third-order valence-electron chi connectivity index (χ3n) is 5.57. The molecule has 1 fully saturated rings. The van der Waals surface area contributed by atoms with E-state index in [2.05, 4.69) is 15.3 Å². The lowest BCUT2D eigenvalue weighted by molar-refractivity contribution is -0.138. The van der Waals surface area contributed by atoms with E-state index in [0.29, 0.717) is 12.8 Å². The van der Waals surface area contributed by atoms with E-state index >= 15 is 0 Å². The Hall–Kier alpha value is -4.22. The lowest BCUT2D eigenvalue weighted by atomic mass is 10.2. The van der Waals surface area contributed by atoms with Crippen molar-refractivity contribution >= 4 is 17.6 Å². The topological polar surface area (TPSA) is 93.7 Å². The van der Waals surface area contributed by atoms with Crippen LogP contribution in [0.25, 0.3) is 0 Å². The van der Waals surface area contributed by atoms with Gasteiger partial charge in [-0.25, -0.2) is 9.37 Å². The van der Waals surface area contributed by atoms with Crippen molar-refractivity contribution in [3.63, 3.8) is 0 Å². The van der Waals surface area contributed by atoms with E-state index in [1.165, 1.54) is 49.7 Å². The van der Waals surface area contributed by atoms with Crippen molar-refractivity contribution in [1.29, 1.82) is 0 Å². The minimum Gasteiger partial charge on any atom is -0.497 e. The number of nitrogens with one attached hydrogen (secondary N) is 1. The first-order valence-electron chi connectivity index (χ1n) is 10.6. The molecule has 1 aliphatic carbocycles. The molecule has 0 atom stereocenters. The van der Waals surface area contributed by atoms with Crippen molar-refractivity contribution < 1.29 is 36.6 Å². The maximum absolute atomic E-state index is 13.4. The van der Waals surface area contributed by atoms with E-state index in [1.807, 2.05) is 0 Å². The highest BCUT2D eigenvalue weighted by molar-refractivity contribution is 6.06. The number of aromatic nitrogens is 2. The Labute approximate surface area is 202 Å². The number of benzene rings is 1. The summed E-state index contributed by atoms with van der Waals surface area (Å²) in [5.41, 5.74) is -2.20. The molecule has 188 valence electrons. The highest BCUT2D eigenvalue weighted by Crippen LogP contribution is 2.41.